The Morgan fingerprint density at radius 2 is 1.86 bits per heavy atom. The minimum Gasteiger partial charge on any atom is -0.445 e. The van der Waals surface area contributed by atoms with E-state index in [1.165, 1.54) is 4.90 Å². The largest absolute Gasteiger partial charge is 0.445 e. The number of likely N-dealkylation sites (tertiary alicyclic amines) is 1. The van der Waals surface area contributed by atoms with Crippen LogP contribution in [0.2, 0.25) is 0 Å². The summed E-state index contributed by atoms with van der Waals surface area (Å²) in [5, 5.41) is 0. The predicted molar refractivity (Wildman–Crippen MR) is 76.4 cm³/mol. The Bertz CT molecular complexity index is 620. The van der Waals surface area contributed by atoms with Crippen molar-refractivity contribution in [2.45, 2.75) is 6.61 Å². The molecule has 1 fully saturated rings. The molecule has 1 aliphatic heterocycles. The molecule has 0 aromatic heterocycles. The number of carbonyl (C=O) groups excluding carboxylic acids is 2. The molecule has 1 amide bonds. The van der Waals surface area contributed by atoms with Crippen molar-refractivity contribution in [1.29, 1.82) is 0 Å². The molecule has 1 aromatic carbocycles. The van der Waals surface area contributed by atoms with Crippen LogP contribution in [0.5, 0.6) is 0 Å². The van der Waals surface area contributed by atoms with Gasteiger partial charge in [-0.2, -0.15) is 0 Å². The van der Waals surface area contributed by atoms with Crippen LogP contribution >= 0.6 is 0 Å². The fourth-order valence-corrected chi connectivity index (χ4v) is 2.77. The standard InChI is InChI=1S/C14H17NO5S/c1-21(18,19)10-13(16)12-7-15(8-12)14(17)20-9-11-5-3-2-4-6-11/h2-6,12H,7-10H2,1H3. The summed E-state index contributed by atoms with van der Waals surface area (Å²) < 4.78 is 27.2. The number of Topliss-reactive ketones (excluding diaryl/α,β-unsaturated/α-hetero) is 1. The molecule has 1 heterocycles. The topological polar surface area (TPSA) is 80.8 Å². The Labute approximate surface area is 123 Å². The molecular formula is C14H17NO5S. The minimum absolute atomic E-state index is 0.179. The Kier molecular flexibility index (Phi) is 4.62. The molecule has 0 N–H and O–H groups in total. The third kappa shape index (κ3) is 4.56. The number of sulfone groups is 1. The number of benzene rings is 1. The first-order valence-corrected chi connectivity index (χ1v) is 8.57. The van der Waals surface area contributed by atoms with E-state index in [0.717, 1.165) is 11.8 Å². The molecule has 21 heavy (non-hydrogen) atoms. The molecule has 1 aliphatic rings. The number of ether oxygens (including phenoxy) is 1. The fourth-order valence-electron chi connectivity index (χ4n) is 2.02. The number of ketones is 1. The Morgan fingerprint density at radius 3 is 2.43 bits per heavy atom. The van der Waals surface area contributed by atoms with E-state index < -0.39 is 27.6 Å². The van der Waals surface area contributed by atoms with Crippen LogP contribution in [0.25, 0.3) is 0 Å². The lowest BCUT2D eigenvalue weighted by Gasteiger charge is -2.37. The van der Waals surface area contributed by atoms with Crippen molar-refractivity contribution in [3.05, 3.63) is 35.9 Å². The van der Waals surface area contributed by atoms with Crippen LogP contribution in [0.1, 0.15) is 5.56 Å². The van der Waals surface area contributed by atoms with Crippen molar-refractivity contribution in [1.82, 2.24) is 4.90 Å². The predicted octanol–water partition coefficient (Wildman–Crippen LogP) is 0.869. The van der Waals surface area contributed by atoms with E-state index in [2.05, 4.69) is 0 Å². The highest BCUT2D eigenvalue weighted by atomic mass is 32.2. The average molecular weight is 311 g/mol. The SMILES string of the molecule is CS(=O)(=O)CC(=O)C1CN(C(=O)OCc2ccccc2)C1. The number of rotatable bonds is 5. The number of carbonyl (C=O) groups is 2. The smallest absolute Gasteiger partial charge is 0.410 e. The molecule has 7 heteroatoms. The van der Waals surface area contributed by atoms with Crippen LogP contribution < -0.4 is 0 Å². The minimum atomic E-state index is -3.31. The molecule has 0 spiro atoms. The van der Waals surface area contributed by atoms with Gasteiger partial charge in [0.2, 0.25) is 0 Å². The third-order valence-corrected chi connectivity index (χ3v) is 4.01. The van der Waals surface area contributed by atoms with Gasteiger partial charge in [-0.3, -0.25) is 4.79 Å². The molecule has 0 unspecified atom stereocenters. The molecule has 0 bridgehead atoms. The van der Waals surface area contributed by atoms with Crippen LogP contribution in [0.3, 0.4) is 0 Å². The second-order valence-corrected chi connectivity index (χ2v) is 7.32. The van der Waals surface area contributed by atoms with Gasteiger partial charge in [0, 0.05) is 19.3 Å². The van der Waals surface area contributed by atoms with E-state index in [9.17, 15) is 18.0 Å². The maximum Gasteiger partial charge on any atom is 0.410 e. The molecule has 0 aliphatic carbocycles. The zero-order valence-electron chi connectivity index (χ0n) is 11.7. The summed E-state index contributed by atoms with van der Waals surface area (Å²) in [5.74, 6) is -1.21. The molecule has 114 valence electrons. The van der Waals surface area contributed by atoms with Gasteiger partial charge in [0.25, 0.3) is 0 Å². The van der Waals surface area contributed by atoms with Crippen molar-refractivity contribution in [3.8, 4) is 0 Å². The summed E-state index contributed by atoms with van der Waals surface area (Å²) >= 11 is 0. The van der Waals surface area contributed by atoms with Gasteiger partial charge in [0.15, 0.2) is 15.6 Å². The van der Waals surface area contributed by atoms with Gasteiger partial charge >= 0.3 is 6.09 Å². The first-order valence-electron chi connectivity index (χ1n) is 6.51. The zero-order chi connectivity index (χ0) is 15.5. The molecule has 0 atom stereocenters. The van der Waals surface area contributed by atoms with E-state index in [1.54, 1.807) is 0 Å². The van der Waals surface area contributed by atoms with Gasteiger partial charge in [-0.25, -0.2) is 13.2 Å². The molecule has 1 aromatic rings. The van der Waals surface area contributed by atoms with Crippen molar-refractivity contribution in [2.75, 3.05) is 25.1 Å². The Hall–Kier alpha value is -1.89. The summed E-state index contributed by atoms with van der Waals surface area (Å²) in [6, 6.07) is 9.28. The van der Waals surface area contributed by atoms with Gasteiger partial charge < -0.3 is 9.64 Å². The van der Waals surface area contributed by atoms with E-state index >= 15 is 0 Å². The molecule has 1 saturated heterocycles. The maximum absolute atomic E-state index is 11.7. The number of hydrogen-bond acceptors (Lipinski definition) is 5. The van der Waals surface area contributed by atoms with E-state index in [4.69, 9.17) is 4.74 Å². The lowest BCUT2D eigenvalue weighted by atomic mass is 9.97. The summed E-state index contributed by atoms with van der Waals surface area (Å²) in [4.78, 5) is 24.8. The fraction of sp³-hybridized carbons (Fsp3) is 0.429. The van der Waals surface area contributed by atoms with Crippen molar-refractivity contribution in [2.24, 2.45) is 5.92 Å². The van der Waals surface area contributed by atoms with Crippen LogP contribution in [0.15, 0.2) is 30.3 Å². The number of nitrogens with zero attached hydrogens (tertiary/aromatic N) is 1. The van der Waals surface area contributed by atoms with Gasteiger partial charge in [-0.15, -0.1) is 0 Å². The van der Waals surface area contributed by atoms with Crippen molar-refractivity contribution >= 4 is 21.7 Å². The second-order valence-electron chi connectivity index (χ2n) is 5.18. The van der Waals surface area contributed by atoms with Crippen LogP contribution in [-0.4, -0.2) is 50.3 Å². The molecule has 0 saturated carbocycles. The maximum atomic E-state index is 11.7. The number of amides is 1. The Morgan fingerprint density at radius 1 is 1.24 bits per heavy atom. The van der Waals surface area contributed by atoms with Crippen molar-refractivity contribution < 1.29 is 22.7 Å². The Balaban J connectivity index is 1.74. The van der Waals surface area contributed by atoms with E-state index in [-0.39, 0.29) is 25.5 Å². The van der Waals surface area contributed by atoms with Crippen molar-refractivity contribution in [3.63, 3.8) is 0 Å². The van der Waals surface area contributed by atoms with E-state index in [0.29, 0.717) is 0 Å². The zero-order valence-corrected chi connectivity index (χ0v) is 12.5. The van der Waals surface area contributed by atoms with Crippen LogP contribution in [-0.2, 0) is 26.0 Å². The van der Waals surface area contributed by atoms with Gasteiger partial charge in [-0.1, -0.05) is 30.3 Å². The monoisotopic (exact) mass is 311 g/mol. The van der Waals surface area contributed by atoms with Gasteiger partial charge in [-0.05, 0) is 5.56 Å². The summed E-state index contributed by atoms with van der Waals surface area (Å²) in [6.07, 6.45) is 0.539. The summed E-state index contributed by atoms with van der Waals surface area (Å²) in [7, 11) is -3.31. The molecular weight excluding hydrogens is 294 g/mol. The highest BCUT2D eigenvalue weighted by Gasteiger charge is 2.37. The third-order valence-electron chi connectivity index (χ3n) is 3.20. The lowest BCUT2D eigenvalue weighted by Crippen LogP contribution is -2.54. The molecule has 6 nitrogen and oxygen atoms in total. The van der Waals surface area contributed by atoms with Gasteiger partial charge in [0.1, 0.15) is 12.4 Å². The quantitative estimate of drug-likeness (QED) is 0.806. The second kappa shape index (κ2) is 6.26. The first-order chi connectivity index (χ1) is 9.85. The first kappa shape index (κ1) is 15.5. The summed E-state index contributed by atoms with van der Waals surface area (Å²) in [6.45, 7) is 0.627. The number of hydrogen-bond donors (Lipinski definition) is 0. The van der Waals surface area contributed by atoms with E-state index in [1.807, 2.05) is 30.3 Å². The van der Waals surface area contributed by atoms with Gasteiger partial charge in [0.05, 0.1) is 5.92 Å². The average Bonchev–Trinajstić information content (AvgIpc) is 2.33. The highest BCUT2D eigenvalue weighted by Crippen LogP contribution is 2.18. The molecule has 0 radical (unpaired) electrons. The normalized spacial score (nSPS) is 15.4. The summed E-state index contributed by atoms with van der Waals surface area (Å²) in [5.41, 5.74) is 0.885. The van der Waals surface area contributed by atoms with Crippen LogP contribution in [0.4, 0.5) is 4.79 Å². The lowest BCUT2D eigenvalue weighted by molar-refractivity contribution is -0.124. The van der Waals surface area contributed by atoms with Crippen LogP contribution in [0, 0.1) is 5.92 Å². The highest BCUT2D eigenvalue weighted by molar-refractivity contribution is 7.91. The molecule has 2 rings (SSSR count).